The molecule has 0 spiro atoms. The van der Waals surface area contributed by atoms with Crippen LogP contribution >= 0.6 is 0 Å². The number of esters is 1. The average molecular weight is 260 g/mol. The molecule has 0 amide bonds. The summed E-state index contributed by atoms with van der Waals surface area (Å²) in [5, 5.41) is 16.6. The normalized spacial score (nSPS) is 11.9. The van der Waals surface area contributed by atoms with E-state index in [0.717, 1.165) is 13.3 Å². The topological polar surface area (TPSA) is 99.5 Å². The van der Waals surface area contributed by atoms with Crippen molar-refractivity contribution in [3.8, 4) is 0 Å². The molecule has 0 radical (unpaired) electrons. The van der Waals surface area contributed by atoms with Crippen LogP contribution in [0.25, 0.3) is 0 Å². The van der Waals surface area contributed by atoms with Gasteiger partial charge in [0, 0.05) is 13.5 Å². The van der Waals surface area contributed by atoms with Crippen LogP contribution in [0.15, 0.2) is 0 Å². The van der Waals surface area contributed by atoms with E-state index in [9.17, 15) is 9.59 Å². The molecule has 0 aromatic heterocycles. The highest BCUT2D eigenvalue weighted by Gasteiger charge is 2.23. The van der Waals surface area contributed by atoms with Crippen LogP contribution in [0.5, 0.6) is 0 Å². The van der Waals surface area contributed by atoms with Gasteiger partial charge in [0.15, 0.2) is 5.78 Å². The van der Waals surface area contributed by atoms with Gasteiger partial charge in [-0.25, -0.2) is 0 Å². The van der Waals surface area contributed by atoms with Gasteiger partial charge >= 0.3 is 5.97 Å². The van der Waals surface area contributed by atoms with Crippen molar-refractivity contribution in [2.45, 2.75) is 45.3 Å². The quantitative estimate of drug-likeness (QED) is 0.477. The first-order chi connectivity index (χ1) is 8.30. The predicted molar refractivity (Wildman–Crippen MR) is 69.9 cm³/mol. The van der Waals surface area contributed by atoms with Gasteiger partial charge in [-0.3, -0.25) is 9.59 Å². The molecule has 0 aromatic carbocycles. The fourth-order valence-corrected chi connectivity index (χ4v) is 1.11. The number of likely N-dealkylation sites (N-methyl/N-ethyl adjacent to an activating group) is 1. The minimum absolute atomic E-state index is 0.175. The fraction of sp³-hybridized carbons (Fsp3) is 0.750. The predicted octanol–water partition coefficient (Wildman–Crippen LogP) is 0.523. The molecule has 18 heavy (non-hydrogen) atoms. The van der Waals surface area contributed by atoms with Gasteiger partial charge in [-0.1, -0.05) is 0 Å². The van der Waals surface area contributed by atoms with Gasteiger partial charge < -0.3 is 20.6 Å². The van der Waals surface area contributed by atoms with Crippen LogP contribution in [0.1, 0.15) is 33.6 Å². The molecule has 1 atom stereocenters. The van der Waals surface area contributed by atoms with E-state index in [2.05, 4.69) is 5.32 Å². The summed E-state index contributed by atoms with van der Waals surface area (Å²) in [7, 11) is 2.64. The van der Waals surface area contributed by atoms with E-state index in [1.54, 1.807) is 27.8 Å². The number of hydrogen-bond donors (Lipinski definition) is 3. The zero-order valence-corrected chi connectivity index (χ0v) is 11.7. The minimum atomic E-state index is -0.530. The van der Waals surface area contributed by atoms with Gasteiger partial charge in [-0.15, -0.1) is 0 Å². The lowest BCUT2D eigenvalue weighted by molar-refractivity contribution is -0.157. The maximum atomic E-state index is 11.6. The Morgan fingerprint density at radius 2 is 1.89 bits per heavy atom. The van der Waals surface area contributed by atoms with E-state index in [4.69, 9.17) is 15.3 Å². The first kappa shape index (κ1) is 19.1. The Morgan fingerprint density at radius 1 is 1.39 bits per heavy atom. The molecule has 0 aliphatic rings. The number of aliphatic hydroxyl groups excluding tert-OH is 1. The number of carbonyl (C=O) groups excluding carboxylic acids is 2. The Hall–Kier alpha value is -1.27. The van der Waals surface area contributed by atoms with Gasteiger partial charge in [0.05, 0.1) is 6.21 Å². The number of aliphatic hydroxyl groups is 1. The van der Waals surface area contributed by atoms with E-state index in [0.29, 0.717) is 6.42 Å². The number of rotatable bonds is 6. The molecular weight excluding hydrogens is 236 g/mol. The third kappa shape index (κ3) is 9.92. The zero-order chi connectivity index (χ0) is 14.8. The number of ether oxygens (including phenoxy) is 1. The molecule has 0 bridgehead atoms. The average Bonchev–Trinajstić information content (AvgIpc) is 2.29. The highest BCUT2D eigenvalue weighted by Crippen LogP contribution is 2.10. The van der Waals surface area contributed by atoms with Crippen LogP contribution in [-0.4, -0.2) is 48.9 Å². The molecule has 1 unspecified atom stereocenters. The Bertz CT molecular complexity index is 272. The van der Waals surface area contributed by atoms with E-state index in [1.165, 1.54) is 0 Å². The molecule has 0 aliphatic heterocycles. The van der Waals surface area contributed by atoms with Crippen LogP contribution < -0.4 is 5.32 Å². The highest BCUT2D eigenvalue weighted by atomic mass is 16.6. The molecule has 106 valence electrons. The van der Waals surface area contributed by atoms with E-state index in [1.807, 2.05) is 0 Å². The summed E-state index contributed by atoms with van der Waals surface area (Å²) in [4.78, 5) is 22.6. The summed E-state index contributed by atoms with van der Waals surface area (Å²) in [5.41, 5.74) is -0.530. The largest absolute Gasteiger partial charge is 0.459 e. The van der Waals surface area contributed by atoms with E-state index in [-0.39, 0.29) is 18.2 Å². The zero-order valence-electron chi connectivity index (χ0n) is 11.7. The third-order valence-corrected chi connectivity index (χ3v) is 1.88. The molecule has 6 heteroatoms. The second-order valence-electron chi connectivity index (χ2n) is 4.52. The van der Waals surface area contributed by atoms with Crippen LogP contribution in [-0.2, 0) is 14.3 Å². The molecule has 0 aromatic rings. The van der Waals surface area contributed by atoms with Crippen LogP contribution in [0.2, 0.25) is 0 Å². The summed E-state index contributed by atoms with van der Waals surface area (Å²) in [5.74, 6) is -0.656. The lowest BCUT2D eigenvalue weighted by Crippen LogP contribution is -2.39. The van der Waals surface area contributed by atoms with Gasteiger partial charge in [-0.05, 0) is 34.2 Å². The SMILES string of the molecule is CNC(CCC(=O)C=N)C(=O)OC(C)(C)C.CO. The summed E-state index contributed by atoms with van der Waals surface area (Å²) in [6, 6.07) is -0.497. The van der Waals surface area contributed by atoms with Crippen molar-refractivity contribution in [1.29, 1.82) is 5.41 Å². The molecule has 0 rings (SSSR count). The molecular formula is C12H24N2O4. The first-order valence-corrected chi connectivity index (χ1v) is 5.68. The number of carbonyl (C=O) groups is 2. The summed E-state index contributed by atoms with van der Waals surface area (Å²) in [6.07, 6.45) is 1.29. The molecule has 0 heterocycles. The lowest BCUT2D eigenvalue weighted by atomic mass is 10.1. The third-order valence-electron chi connectivity index (χ3n) is 1.88. The maximum Gasteiger partial charge on any atom is 0.323 e. The Balaban J connectivity index is 0. The fourth-order valence-electron chi connectivity index (χ4n) is 1.11. The first-order valence-electron chi connectivity index (χ1n) is 5.68. The Morgan fingerprint density at radius 3 is 2.22 bits per heavy atom. The Kier molecular flexibility index (Phi) is 10.3. The van der Waals surface area contributed by atoms with Crippen molar-refractivity contribution in [3.63, 3.8) is 0 Å². The lowest BCUT2D eigenvalue weighted by Gasteiger charge is -2.23. The van der Waals surface area contributed by atoms with E-state index < -0.39 is 11.6 Å². The van der Waals surface area contributed by atoms with Crippen molar-refractivity contribution in [2.24, 2.45) is 0 Å². The number of hydrogen-bond acceptors (Lipinski definition) is 6. The van der Waals surface area contributed by atoms with Crippen LogP contribution in [0, 0.1) is 5.41 Å². The van der Waals surface area contributed by atoms with Gasteiger partial charge in [0.25, 0.3) is 0 Å². The number of Topliss-reactive ketones (excluding diaryl/α,β-unsaturated/α-hetero) is 1. The van der Waals surface area contributed by atoms with Crippen LogP contribution in [0.3, 0.4) is 0 Å². The minimum Gasteiger partial charge on any atom is -0.459 e. The number of ketones is 1. The van der Waals surface area contributed by atoms with Crippen LogP contribution in [0.4, 0.5) is 0 Å². The van der Waals surface area contributed by atoms with Crippen molar-refractivity contribution < 1.29 is 19.4 Å². The maximum absolute atomic E-state index is 11.6. The molecule has 0 fully saturated rings. The van der Waals surface area contributed by atoms with E-state index >= 15 is 0 Å². The van der Waals surface area contributed by atoms with Crippen molar-refractivity contribution >= 4 is 18.0 Å². The van der Waals surface area contributed by atoms with Gasteiger partial charge in [0.2, 0.25) is 0 Å². The highest BCUT2D eigenvalue weighted by molar-refractivity contribution is 6.26. The second-order valence-corrected chi connectivity index (χ2v) is 4.52. The molecule has 6 nitrogen and oxygen atoms in total. The second kappa shape index (κ2) is 9.73. The standard InChI is InChI=1S/C11H20N2O3.CH4O/c1-11(2,3)16-10(15)9(13-4)6-5-8(14)7-12;1-2/h7,9,12-13H,5-6H2,1-4H3;2H,1H3. The van der Waals surface area contributed by atoms with Crippen molar-refractivity contribution in [2.75, 3.05) is 14.2 Å². The molecule has 3 N–H and O–H groups in total. The monoisotopic (exact) mass is 260 g/mol. The number of nitrogens with one attached hydrogen (secondary N) is 2. The summed E-state index contributed by atoms with van der Waals surface area (Å²) < 4.78 is 5.19. The molecule has 0 aliphatic carbocycles. The van der Waals surface area contributed by atoms with Crippen molar-refractivity contribution in [1.82, 2.24) is 5.32 Å². The smallest absolute Gasteiger partial charge is 0.323 e. The Labute approximate surface area is 108 Å². The van der Waals surface area contributed by atoms with Gasteiger partial charge in [-0.2, -0.15) is 0 Å². The molecule has 0 saturated carbocycles. The molecule has 0 saturated heterocycles. The van der Waals surface area contributed by atoms with Crippen molar-refractivity contribution in [3.05, 3.63) is 0 Å². The summed E-state index contributed by atoms with van der Waals surface area (Å²) >= 11 is 0. The summed E-state index contributed by atoms with van der Waals surface area (Å²) in [6.45, 7) is 5.38. The van der Waals surface area contributed by atoms with Gasteiger partial charge in [0.1, 0.15) is 11.6 Å².